The zero-order valence-electron chi connectivity index (χ0n) is 9.05. The summed E-state index contributed by atoms with van der Waals surface area (Å²) >= 11 is 0. The van der Waals surface area contributed by atoms with E-state index in [-0.39, 0.29) is 5.75 Å². The van der Waals surface area contributed by atoms with Crippen LogP contribution >= 0.6 is 0 Å². The number of nitrogens with two attached hydrogens (primary N) is 1. The summed E-state index contributed by atoms with van der Waals surface area (Å²) in [6.45, 7) is 0.456. The average molecular weight is 244 g/mol. The second-order valence-electron chi connectivity index (χ2n) is 4.05. The standard InChI is InChI=1S/C10H16N2O3S/c11-5-4-10-12-7-8(15-10)9-3-1-2-6-16(9,13)14/h7,9H,1-6,11H2. The Morgan fingerprint density at radius 1 is 1.50 bits per heavy atom. The van der Waals surface area contributed by atoms with Crippen molar-refractivity contribution < 1.29 is 12.8 Å². The van der Waals surface area contributed by atoms with E-state index in [1.165, 1.54) is 6.20 Å². The van der Waals surface area contributed by atoms with Gasteiger partial charge in [0.25, 0.3) is 0 Å². The minimum Gasteiger partial charge on any atom is -0.444 e. The largest absolute Gasteiger partial charge is 0.444 e. The summed E-state index contributed by atoms with van der Waals surface area (Å²) < 4.78 is 29.1. The van der Waals surface area contributed by atoms with Gasteiger partial charge in [-0.15, -0.1) is 0 Å². The number of hydrogen-bond donors (Lipinski definition) is 1. The van der Waals surface area contributed by atoms with Crippen molar-refractivity contribution >= 4 is 9.84 Å². The Kier molecular flexibility index (Phi) is 3.30. The molecule has 0 bridgehead atoms. The van der Waals surface area contributed by atoms with Crippen LogP contribution in [0.1, 0.15) is 36.2 Å². The Hall–Kier alpha value is -0.880. The van der Waals surface area contributed by atoms with Crippen molar-refractivity contribution in [1.82, 2.24) is 4.98 Å². The molecule has 1 saturated heterocycles. The summed E-state index contributed by atoms with van der Waals surface area (Å²) in [4.78, 5) is 4.04. The second kappa shape index (κ2) is 4.55. The molecule has 1 aromatic rings. The van der Waals surface area contributed by atoms with Crippen LogP contribution in [0.2, 0.25) is 0 Å². The lowest BCUT2D eigenvalue weighted by molar-refractivity contribution is 0.431. The van der Waals surface area contributed by atoms with Gasteiger partial charge >= 0.3 is 0 Å². The molecule has 0 saturated carbocycles. The third-order valence-corrected chi connectivity index (χ3v) is 5.02. The Bertz CT molecular complexity index is 452. The molecule has 5 nitrogen and oxygen atoms in total. The fraction of sp³-hybridized carbons (Fsp3) is 0.700. The van der Waals surface area contributed by atoms with Crippen molar-refractivity contribution in [2.45, 2.75) is 30.9 Å². The van der Waals surface area contributed by atoms with Gasteiger partial charge in [-0.3, -0.25) is 0 Å². The minimum absolute atomic E-state index is 0.255. The van der Waals surface area contributed by atoms with Crippen LogP contribution in [-0.2, 0) is 16.3 Å². The number of oxazole rings is 1. The first-order chi connectivity index (χ1) is 7.63. The SMILES string of the molecule is NCCc1ncc(C2CCCCS2(=O)=O)o1. The molecule has 2 heterocycles. The maximum absolute atomic E-state index is 11.8. The van der Waals surface area contributed by atoms with Crippen molar-refractivity contribution in [2.24, 2.45) is 5.73 Å². The number of hydrogen-bond acceptors (Lipinski definition) is 5. The molecule has 1 aromatic heterocycles. The van der Waals surface area contributed by atoms with E-state index in [0.717, 1.165) is 12.8 Å². The fourth-order valence-electron chi connectivity index (χ4n) is 1.99. The molecule has 0 radical (unpaired) electrons. The average Bonchev–Trinajstić information content (AvgIpc) is 2.66. The van der Waals surface area contributed by atoms with Gasteiger partial charge in [-0.2, -0.15) is 0 Å². The molecular weight excluding hydrogens is 228 g/mol. The summed E-state index contributed by atoms with van der Waals surface area (Å²) in [5.41, 5.74) is 5.38. The first kappa shape index (κ1) is 11.6. The lowest BCUT2D eigenvalue weighted by atomic mass is 10.1. The van der Waals surface area contributed by atoms with Crippen LogP contribution in [0.15, 0.2) is 10.6 Å². The smallest absolute Gasteiger partial charge is 0.195 e. The molecule has 1 atom stereocenters. The van der Waals surface area contributed by atoms with Crippen molar-refractivity contribution in [3.63, 3.8) is 0 Å². The Morgan fingerprint density at radius 3 is 3.00 bits per heavy atom. The third-order valence-electron chi connectivity index (χ3n) is 2.83. The Labute approximate surface area is 95.0 Å². The normalized spacial score (nSPS) is 24.4. The van der Waals surface area contributed by atoms with Gasteiger partial charge in [-0.1, -0.05) is 6.42 Å². The molecule has 1 aliphatic heterocycles. The molecule has 6 heteroatoms. The minimum atomic E-state index is -3.04. The second-order valence-corrected chi connectivity index (χ2v) is 6.35. The lowest BCUT2D eigenvalue weighted by Gasteiger charge is -2.19. The van der Waals surface area contributed by atoms with Gasteiger partial charge in [-0.25, -0.2) is 13.4 Å². The highest BCUT2D eigenvalue weighted by atomic mass is 32.2. The highest BCUT2D eigenvalue weighted by Crippen LogP contribution is 2.33. The molecular formula is C10H16N2O3S. The Balaban J connectivity index is 2.22. The van der Waals surface area contributed by atoms with Gasteiger partial charge in [0.1, 0.15) is 11.0 Å². The molecule has 0 spiro atoms. The van der Waals surface area contributed by atoms with Crippen LogP contribution in [0.4, 0.5) is 0 Å². The maximum atomic E-state index is 11.8. The van der Waals surface area contributed by atoms with Crippen molar-refractivity contribution in [1.29, 1.82) is 0 Å². The Morgan fingerprint density at radius 2 is 2.31 bits per heavy atom. The topological polar surface area (TPSA) is 86.2 Å². The summed E-state index contributed by atoms with van der Waals surface area (Å²) in [5, 5.41) is -0.500. The van der Waals surface area contributed by atoms with Gasteiger partial charge in [0.15, 0.2) is 15.7 Å². The summed E-state index contributed by atoms with van der Waals surface area (Å²) in [7, 11) is -3.04. The van der Waals surface area contributed by atoms with Crippen LogP contribution in [0, 0.1) is 0 Å². The number of nitrogens with zero attached hydrogens (tertiary/aromatic N) is 1. The molecule has 90 valence electrons. The van der Waals surface area contributed by atoms with Gasteiger partial charge < -0.3 is 10.2 Å². The van der Waals surface area contributed by atoms with E-state index < -0.39 is 15.1 Å². The van der Waals surface area contributed by atoms with E-state index in [2.05, 4.69) is 4.98 Å². The monoisotopic (exact) mass is 244 g/mol. The van der Waals surface area contributed by atoms with Crippen molar-refractivity contribution in [3.05, 3.63) is 17.8 Å². The van der Waals surface area contributed by atoms with Crippen LogP contribution in [0.3, 0.4) is 0 Å². The van der Waals surface area contributed by atoms with E-state index in [1.807, 2.05) is 0 Å². The maximum Gasteiger partial charge on any atom is 0.195 e. The number of aromatic nitrogens is 1. The van der Waals surface area contributed by atoms with Crippen LogP contribution in [0.25, 0.3) is 0 Å². The lowest BCUT2D eigenvalue weighted by Crippen LogP contribution is -2.21. The van der Waals surface area contributed by atoms with E-state index in [0.29, 0.717) is 31.0 Å². The van der Waals surface area contributed by atoms with E-state index in [1.54, 1.807) is 0 Å². The van der Waals surface area contributed by atoms with Crippen LogP contribution in [-0.4, -0.2) is 25.7 Å². The zero-order chi connectivity index (χ0) is 11.6. The third kappa shape index (κ3) is 2.27. The number of sulfone groups is 1. The summed E-state index contributed by atoms with van der Waals surface area (Å²) in [5.74, 6) is 1.26. The summed E-state index contributed by atoms with van der Waals surface area (Å²) in [6.07, 6.45) is 4.39. The quantitative estimate of drug-likeness (QED) is 0.850. The molecule has 0 aliphatic carbocycles. The predicted octanol–water partition coefficient (Wildman–Crippen LogP) is 0.816. The molecule has 0 amide bonds. The van der Waals surface area contributed by atoms with Crippen LogP contribution in [0.5, 0.6) is 0 Å². The molecule has 1 fully saturated rings. The highest BCUT2D eigenvalue weighted by molar-refractivity contribution is 7.91. The first-order valence-corrected chi connectivity index (χ1v) is 7.21. The molecule has 1 aliphatic rings. The fourth-order valence-corrected chi connectivity index (χ4v) is 3.87. The van der Waals surface area contributed by atoms with Crippen molar-refractivity contribution in [3.8, 4) is 0 Å². The van der Waals surface area contributed by atoms with Crippen molar-refractivity contribution in [2.75, 3.05) is 12.3 Å². The van der Waals surface area contributed by atoms with E-state index in [9.17, 15) is 8.42 Å². The molecule has 16 heavy (non-hydrogen) atoms. The van der Waals surface area contributed by atoms with Gasteiger partial charge in [0.05, 0.1) is 11.9 Å². The van der Waals surface area contributed by atoms with Gasteiger partial charge in [0.2, 0.25) is 0 Å². The van der Waals surface area contributed by atoms with E-state index >= 15 is 0 Å². The van der Waals surface area contributed by atoms with Gasteiger partial charge in [-0.05, 0) is 12.8 Å². The zero-order valence-corrected chi connectivity index (χ0v) is 9.87. The van der Waals surface area contributed by atoms with E-state index in [4.69, 9.17) is 10.2 Å². The number of rotatable bonds is 3. The first-order valence-electron chi connectivity index (χ1n) is 5.50. The molecule has 2 N–H and O–H groups in total. The highest BCUT2D eigenvalue weighted by Gasteiger charge is 2.32. The molecule has 2 rings (SSSR count). The van der Waals surface area contributed by atoms with Gasteiger partial charge in [0, 0.05) is 13.0 Å². The predicted molar refractivity (Wildman–Crippen MR) is 59.6 cm³/mol. The van der Waals surface area contributed by atoms with Crippen LogP contribution < -0.4 is 5.73 Å². The summed E-state index contributed by atoms with van der Waals surface area (Å²) in [6, 6.07) is 0. The molecule has 1 unspecified atom stereocenters. The molecule has 0 aromatic carbocycles.